The molecule has 10 heteroatoms. The van der Waals surface area contributed by atoms with E-state index in [0.717, 1.165) is 74.1 Å². The van der Waals surface area contributed by atoms with Gasteiger partial charge in [0.15, 0.2) is 5.82 Å². The number of hydrogen-bond acceptors (Lipinski definition) is 8. The van der Waals surface area contributed by atoms with Gasteiger partial charge in [-0.15, -0.1) is 10.2 Å². The van der Waals surface area contributed by atoms with Gasteiger partial charge in [0.2, 0.25) is 5.95 Å². The van der Waals surface area contributed by atoms with Crippen LogP contribution in [0.5, 0.6) is 0 Å². The van der Waals surface area contributed by atoms with Crippen LogP contribution in [0.15, 0.2) is 36.8 Å². The number of benzene rings is 1. The van der Waals surface area contributed by atoms with Crippen molar-refractivity contribution in [2.24, 2.45) is 5.41 Å². The lowest BCUT2D eigenvalue weighted by atomic mass is 9.73. The van der Waals surface area contributed by atoms with Crippen LogP contribution in [-0.2, 0) is 17.8 Å². The van der Waals surface area contributed by atoms with E-state index in [2.05, 4.69) is 51.6 Å². The van der Waals surface area contributed by atoms with Gasteiger partial charge in [0.05, 0.1) is 25.0 Å². The number of ether oxygens (including phenoxy) is 1. The summed E-state index contributed by atoms with van der Waals surface area (Å²) in [6.45, 7) is 6.97. The lowest BCUT2D eigenvalue weighted by molar-refractivity contribution is 0.139. The lowest BCUT2D eigenvalue weighted by Crippen LogP contribution is -2.73. The minimum absolute atomic E-state index is 0.294. The van der Waals surface area contributed by atoms with Crippen LogP contribution in [-0.4, -0.2) is 76.1 Å². The highest BCUT2D eigenvalue weighted by atomic mass is 35.5. The third-order valence-corrected chi connectivity index (χ3v) is 6.86. The molecule has 6 rings (SSSR count). The van der Waals surface area contributed by atoms with Crippen molar-refractivity contribution in [1.82, 2.24) is 29.6 Å². The molecule has 0 unspecified atom stereocenters. The van der Waals surface area contributed by atoms with Crippen molar-refractivity contribution >= 4 is 23.4 Å². The van der Waals surface area contributed by atoms with Crippen molar-refractivity contribution in [3.63, 3.8) is 0 Å². The second kappa shape index (κ2) is 7.68. The van der Waals surface area contributed by atoms with E-state index >= 15 is 0 Å². The van der Waals surface area contributed by atoms with Crippen LogP contribution in [0.25, 0.3) is 5.69 Å². The fourth-order valence-corrected chi connectivity index (χ4v) is 5.31. The van der Waals surface area contributed by atoms with E-state index in [1.807, 2.05) is 12.3 Å². The van der Waals surface area contributed by atoms with Gasteiger partial charge in [-0.25, -0.2) is 4.98 Å². The first kappa shape index (κ1) is 19.9. The molecule has 0 bridgehead atoms. The second-order valence-corrected chi connectivity index (χ2v) is 9.44. The zero-order chi connectivity index (χ0) is 21.7. The topological polar surface area (TPSA) is 75.4 Å². The predicted octanol–water partition coefficient (Wildman–Crippen LogP) is 2.00. The van der Waals surface area contributed by atoms with E-state index in [9.17, 15) is 0 Å². The van der Waals surface area contributed by atoms with Gasteiger partial charge in [-0.1, -0.05) is 11.6 Å². The lowest BCUT2D eigenvalue weighted by Gasteiger charge is -2.60. The summed E-state index contributed by atoms with van der Waals surface area (Å²) in [6, 6.07) is 6.08. The van der Waals surface area contributed by atoms with Crippen LogP contribution in [0.4, 0.5) is 11.8 Å². The van der Waals surface area contributed by atoms with E-state index in [1.54, 1.807) is 19.5 Å². The van der Waals surface area contributed by atoms with Crippen LogP contribution in [0.1, 0.15) is 11.4 Å². The summed E-state index contributed by atoms with van der Waals surface area (Å²) in [5, 5.41) is 9.94. The fraction of sp³-hybridized carbons (Fsp3) is 0.455. The number of anilines is 2. The summed E-state index contributed by atoms with van der Waals surface area (Å²) in [7, 11) is 1.73. The van der Waals surface area contributed by atoms with Crippen LogP contribution in [0, 0.1) is 5.41 Å². The standard InChI is InChI=1S/C22H25ClN8O/c1-32-7-6-28-10-16-8-17(23)2-3-18(16)31-20(11-28)26-27-21(31)30-14-22(15-30)12-29(13-22)19-9-24-4-5-25-19/h2-5,8-9H,6-7,10-15H2,1H3. The maximum Gasteiger partial charge on any atom is 0.231 e. The predicted molar refractivity (Wildman–Crippen MR) is 121 cm³/mol. The molecule has 3 aliphatic heterocycles. The van der Waals surface area contributed by atoms with Crippen LogP contribution >= 0.6 is 11.6 Å². The largest absolute Gasteiger partial charge is 0.383 e. The number of halogens is 1. The number of rotatable bonds is 5. The molecule has 0 saturated carbocycles. The highest BCUT2D eigenvalue weighted by Gasteiger charge is 2.53. The first-order chi connectivity index (χ1) is 15.6. The molecule has 1 spiro atoms. The Balaban J connectivity index is 1.24. The maximum absolute atomic E-state index is 6.34. The normalized spacial score (nSPS) is 19.2. The monoisotopic (exact) mass is 452 g/mol. The molecule has 3 aliphatic rings. The molecule has 1 aromatic carbocycles. The second-order valence-electron chi connectivity index (χ2n) is 9.00. The molecule has 0 atom stereocenters. The van der Waals surface area contributed by atoms with Gasteiger partial charge in [-0.3, -0.25) is 14.5 Å². The SMILES string of the molecule is COCCN1Cc2cc(Cl)ccc2-n2c(nnc2N2CC3(CN(c4cnccn4)C3)C2)C1. The number of nitrogens with zero attached hydrogens (tertiary/aromatic N) is 8. The average molecular weight is 453 g/mol. The third-order valence-electron chi connectivity index (χ3n) is 6.63. The zero-order valence-electron chi connectivity index (χ0n) is 18.0. The van der Waals surface area contributed by atoms with Gasteiger partial charge in [0, 0.05) is 69.2 Å². The van der Waals surface area contributed by atoms with E-state index < -0.39 is 0 Å². The van der Waals surface area contributed by atoms with E-state index in [1.165, 1.54) is 5.56 Å². The summed E-state index contributed by atoms with van der Waals surface area (Å²) in [5.74, 6) is 2.82. The van der Waals surface area contributed by atoms with Gasteiger partial charge in [-0.2, -0.15) is 0 Å². The van der Waals surface area contributed by atoms with Crippen LogP contribution in [0.2, 0.25) is 5.02 Å². The molecular formula is C22H25ClN8O. The summed E-state index contributed by atoms with van der Waals surface area (Å²) in [4.78, 5) is 15.6. The van der Waals surface area contributed by atoms with Gasteiger partial charge in [-0.05, 0) is 23.8 Å². The maximum atomic E-state index is 6.34. The molecule has 2 aromatic heterocycles. The Morgan fingerprint density at radius 1 is 1.06 bits per heavy atom. The van der Waals surface area contributed by atoms with Crippen molar-refractivity contribution in [1.29, 1.82) is 0 Å². The third kappa shape index (κ3) is 3.32. The number of fused-ring (bicyclic) bond motifs is 3. The van der Waals surface area contributed by atoms with Crippen molar-refractivity contribution in [3.8, 4) is 5.69 Å². The van der Waals surface area contributed by atoms with Gasteiger partial charge < -0.3 is 14.5 Å². The van der Waals surface area contributed by atoms with Crippen molar-refractivity contribution in [3.05, 3.63) is 53.2 Å². The smallest absolute Gasteiger partial charge is 0.231 e. The quantitative estimate of drug-likeness (QED) is 0.582. The number of hydrogen-bond donors (Lipinski definition) is 0. The first-order valence-electron chi connectivity index (χ1n) is 10.8. The van der Waals surface area contributed by atoms with Crippen molar-refractivity contribution < 1.29 is 4.74 Å². The zero-order valence-corrected chi connectivity index (χ0v) is 18.7. The summed E-state index contributed by atoms with van der Waals surface area (Å²) in [5.41, 5.74) is 2.59. The molecule has 0 radical (unpaired) electrons. The van der Waals surface area contributed by atoms with Gasteiger partial charge in [0.25, 0.3) is 0 Å². The molecule has 166 valence electrons. The van der Waals surface area contributed by atoms with Gasteiger partial charge >= 0.3 is 0 Å². The number of aromatic nitrogens is 5. The van der Waals surface area contributed by atoms with Crippen LogP contribution < -0.4 is 9.80 Å². The molecule has 3 aromatic rings. The molecule has 0 amide bonds. The average Bonchev–Trinajstić information content (AvgIpc) is 3.07. The Kier molecular flexibility index (Phi) is 4.78. The molecule has 0 aliphatic carbocycles. The Hall–Kier alpha value is -2.75. The fourth-order valence-electron chi connectivity index (χ4n) is 5.12. The Morgan fingerprint density at radius 3 is 2.69 bits per heavy atom. The highest BCUT2D eigenvalue weighted by Crippen LogP contribution is 2.43. The molecular weight excluding hydrogens is 428 g/mol. The molecule has 9 nitrogen and oxygen atoms in total. The van der Waals surface area contributed by atoms with E-state index in [-0.39, 0.29) is 0 Å². The Bertz CT molecular complexity index is 1120. The van der Waals surface area contributed by atoms with E-state index in [0.29, 0.717) is 12.0 Å². The molecule has 2 saturated heterocycles. The van der Waals surface area contributed by atoms with Crippen LogP contribution in [0.3, 0.4) is 0 Å². The van der Waals surface area contributed by atoms with Crippen molar-refractivity contribution in [2.75, 3.05) is 56.2 Å². The minimum atomic E-state index is 0.294. The summed E-state index contributed by atoms with van der Waals surface area (Å²) < 4.78 is 7.52. The molecule has 5 heterocycles. The summed E-state index contributed by atoms with van der Waals surface area (Å²) in [6.07, 6.45) is 5.29. The molecule has 2 fully saturated rings. The first-order valence-corrected chi connectivity index (χ1v) is 11.2. The highest BCUT2D eigenvalue weighted by molar-refractivity contribution is 6.30. The van der Waals surface area contributed by atoms with Gasteiger partial charge in [0.1, 0.15) is 5.82 Å². The van der Waals surface area contributed by atoms with E-state index in [4.69, 9.17) is 16.3 Å². The van der Waals surface area contributed by atoms with Crippen molar-refractivity contribution in [2.45, 2.75) is 13.1 Å². The molecule has 0 N–H and O–H groups in total. The number of methoxy groups -OCH3 is 1. The Morgan fingerprint density at radius 2 is 1.91 bits per heavy atom. The summed E-state index contributed by atoms with van der Waals surface area (Å²) >= 11 is 6.34. The minimum Gasteiger partial charge on any atom is -0.383 e. The molecule has 32 heavy (non-hydrogen) atoms. The Labute approximate surface area is 191 Å².